The Labute approximate surface area is 237 Å². The van der Waals surface area contributed by atoms with Crippen molar-refractivity contribution in [1.29, 1.82) is 0 Å². The number of nitrogens with zero attached hydrogens (tertiary/aromatic N) is 4. The Morgan fingerprint density at radius 2 is 0.800 bits per heavy atom. The van der Waals surface area contributed by atoms with Gasteiger partial charge in [0.1, 0.15) is 0 Å². The number of hydrogen-bond donors (Lipinski definition) is 0. The third kappa shape index (κ3) is 6.75. The first-order valence-electron chi connectivity index (χ1n) is 13.7. The number of sulfonamides is 2. The van der Waals surface area contributed by atoms with E-state index in [0.29, 0.717) is 47.3 Å². The van der Waals surface area contributed by atoms with Gasteiger partial charge in [-0.25, -0.2) is 16.8 Å². The lowest BCUT2D eigenvalue weighted by atomic mass is 10.1. The number of hydrogen-bond acceptors (Lipinski definition) is 6. The van der Waals surface area contributed by atoms with Crippen molar-refractivity contribution < 1.29 is 16.8 Å². The van der Waals surface area contributed by atoms with Gasteiger partial charge in [0.05, 0.1) is 21.2 Å². The Morgan fingerprint density at radius 3 is 1.12 bits per heavy atom. The molecule has 2 aliphatic rings. The van der Waals surface area contributed by atoms with Crippen LogP contribution >= 0.6 is 0 Å². The molecule has 3 aromatic rings. The lowest BCUT2D eigenvalue weighted by Gasteiger charge is -2.25. The first kappa shape index (κ1) is 28.4. The fraction of sp³-hybridized carbons (Fsp3) is 0.333. The van der Waals surface area contributed by atoms with Crippen LogP contribution in [0.5, 0.6) is 0 Å². The molecule has 0 aliphatic carbocycles. The largest absolute Gasteiger partial charge is 0.256 e. The highest BCUT2D eigenvalue weighted by Gasteiger charge is 2.26. The molecule has 2 fully saturated rings. The van der Waals surface area contributed by atoms with Gasteiger partial charge in [-0.3, -0.25) is 9.98 Å². The summed E-state index contributed by atoms with van der Waals surface area (Å²) in [7, 11) is -6.90. The third-order valence-corrected chi connectivity index (χ3v) is 11.1. The minimum absolute atomic E-state index is 0.301. The molecule has 0 atom stereocenters. The highest BCUT2D eigenvalue weighted by Crippen LogP contribution is 2.24. The molecule has 40 heavy (non-hydrogen) atoms. The van der Waals surface area contributed by atoms with Crippen LogP contribution in [0.1, 0.15) is 49.7 Å². The molecule has 10 heteroatoms. The summed E-state index contributed by atoms with van der Waals surface area (Å²) in [6, 6.07) is 21.0. The average Bonchev–Trinajstić information content (AvgIpc) is 3.01. The van der Waals surface area contributed by atoms with E-state index in [-0.39, 0.29) is 0 Å². The molecule has 0 aromatic heterocycles. The van der Waals surface area contributed by atoms with Gasteiger partial charge >= 0.3 is 0 Å². The monoisotopic (exact) mass is 578 g/mol. The molecule has 5 rings (SSSR count). The summed E-state index contributed by atoms with van der Waals surface area (Å²) in [4.78, 5) is 9.56. The van der Waals surface area contributed by atoms with Gasteiger partial charge in [0.15, 0.2) is 0 Å². The number of aliphatic imine (C=N–C) groups is 2. The van der Waals surface area contributed by atoms with Crippen LogP contribution in [-0.4, -0.2) is 64.1 Å². The second-order valence-corrected chi connectivity index (χ2v) is 14.0. The van der Waals surface area contributed by atoms with E-state index in [1.54, 1.807) is 69.6 Å². The van der Waals surface area contributed by atoms with E-state index >= 15 is 0 Å². The Kier molecular flexibility index (Phi) is 8.90. The Morgan fingerprint density at radius 1 is 0.475 bits per heavy atom. The van der Waals surface area contributed by atoms with E-state index in [1.165, 1.54) is 0 Å². The van der Waals surface area contributed by atoms with E-state index in [2.05, 4.69) is 9.98 Å². The zero-order valence-electron chi connectivity index (χ0n) is 22.4. The number of rotatable bonds is 8. The predicted octanol–water partition coefficient (Wildman–Crippen LogP) is 5.54. The van der Waals surface area contributed by atoms with Gasteiger partial charge in [-0.15, -0.1) is 0 Å². The van der Waals surface area contributed by atoms with Crippen molar-refractivity contribution in [1.82, 2.24) is 8.61 Å². The minimum atomic E-state index is -3.45. The summed E-state index contributed by atoms with van der Waals surface area (Å²) >= 11 is 0. The second-order valence-electron chi connectivity index (χ2n) is 10.1. The molecule has 0 saturated carbocycles. The summed E-state index contributed by atoms with van der Waals surface area (Å²) < 4.78 is 54.4. The van der Waals surface area contributed by atoms with Crippen molar-refractivity contribution in [3.8, 4) is 0 Å². The van der Waals surface area contributed by atoms with Crippen LogP contribution in [0.3, 0.4) is 0 Å². The van der Waals surface area contributed by atoms with Gasteiger partial charge in [-0.2, -0.15) is 8.61 Å². The molecule has 2 aliphatic heterocycles. The SMILES string of the molecule is O=S(=O)(c1ccc(N=Cc2ccc(C=Nc3ccc(S(=O)(=O)N4CCCCC4)cc3)cc2)cc1)N1CCCCC1. The normalized spacial score (nSPS) is 18.0. The average molecular weight is 579 g/mol. The fourth-order valence-electron chi connectivity index (χ4n) is 4.88. The second kappa shape index (κ2) is 12.6. The van der Waals surface area contributed by atoms with E-state index in [9.17, 15) is 16.8 Å². The number of benzene rings is 3. The van der Waals surface area contributed by atoms with Crippen molar-refractivity contribution in [3.63, 3.8) is 0 Å². The minimum Gasteiger partial charge on any atom is -0.256 e. The van der Waals surface area contributed by atoms with Gasteiger partial charge in [0, 0.05) is 38.6 Å². The molecule has 2 saturated heterocycles. The molecular weight excluding hydrogens is 544 g/mol. The van der Waals surface area contributed by atoms with Crippen LogP contribution in [0, 0.1) is 0 Å². The molecule has 0 radical (unpaired) electrons. The molecule has 3 aromatic carbocycles. The summed E-state index contributed by atoms with van der Waals surface area (Å²) in [5.74, 6) is 0. The maximum absolute atomic E-state index is 12.8. The zero-order valence-corrected chi connectivity index (χ0v) is 24.0. The fourth-order valence-corrected chi connectivity index (χ4v) is 7.92. The van der Waals surface area contributed by atoms with E-state index in [1.807, 2.05) is 24.3 Å². The van der Waals surface area contributed by atoms with Crippen LogP contribution in [0.15, 0.2) is 92.6 Å². The first-order chi connectivity index (χ1) is 19.3. The highest BCUT2D eigenvalue weighted by molar-refractivity contribution is 7.89. The van der Waals surface area contributed by atoms with Crippen molar-refractivity contribution in [2.75, 3.05) is 26.2 Å². The standard InChI is InChI=1S/C30H34N4O4S2/c35-39(36,33-19-3-1-4-20-33)29-15-11-27(12-16-29)31-23-25-7-9-26(10-8-25)24-32-28-13-17-30(18-14-28)40(37,38)34-21-5-2-6-22-34/h7-18,23-24H,1-6,19-22H2. The van der Waals surface area contributed by atoms with Gasteiger partial charge in [-0.05, 0) is 85.3 Å². The summed E-state index contributed by atoms with van der Waals surface area (Å²) in [6.45, 7) is 2.33. The summed E-state index contributed by atoms with van der Waals surface area (Å²) in [5.41, 5.74) is 3.15. The zero-order chi connectivity index (χ0) is 28.0. The quantitative estimate of drug-likeness (QED) is 0.328. The van der Waals surface area contributed by atoms with Crippen LogP contribution < -0.4 is 0 Å². The lowest BCUT2D eigenvalue weighted by Crippen LogP contribution is -2.35. The molecular formula is C30H34N4O4S2. The third-order valence-electron chi connectivity index (χ3n) is 7.24. The van der Waals surface area contributed by atoms with Crippen LogP contribution in [0.2, 0.25) is 0 Å². The van der Waals surface area contributed by atoms with Crippen molar-refractivity contribution in [2.45, 2.75) is 48.3 Å². The Balaban J connectivity index is 1.18. The van der Waals surface area contributed by atoms with Gasteiger partial charge in [-0.1, -0.05) is 37.1 Å². The van der Waals surface area contributed by atoms with Gasteiger partial charge in [0.2, 0.25) is 20.0 Å². The summed E-state index contributed by atoms with van der Waals surface area (Å²) in [6.07, 6.45) is 9.25. The van der Waals surface area contributed by atoms with Gasteiger partial charge < -0.3 is 0 Å². The van der Waals surface area contributed by atoms with E-state index in [0.717, 1.165) is 49.7 Å². The summed E-state index contributed by atoms with van der Waals surface area (Å²) in [5, 5.41) is 0. The molecule has 0 spiro atoms. The molecule has 210 valence electrons. The van der Waals surface area contributed by atoms with E-state index < -0.39 is 20.0 Å². The molecule has 0 N–H and O–H groups in total. The van der Waals surface area contributed by atoms with Gasteiger partial charge in [0.25, 0.3) is 0 Å². The molecule has 0 amide bonds. The molecule has 0 unspecified atom stereocenters. The van der Waals surface area contributed by atoms with E-state index in [4.69, 9.17) is 0 Å². The maximum atomic E-state index is 12.8. The molecule has 2 heterocycles. The van der Waals surface area contributed by atoms with Crippen molar-refractivity contribution in [2.24, 2.45) is 9.98 Å². The molecule has 0 bridgehead atoms. The lowest BCUT2D eigenvalue weighted by molar-refractivity contribution is 0.346. The maximum Gasteiger partial charge on any atom is 0.243 e. The first-order valence-corrected chi connectivity index (χ1v) is 16.6. The smallest absolute Gasteiger partial charge is 0.243 e. The topological polar surface area (TPSA) is 99.5 Å². The number of piperidine rings is 2. The highest BCUT2D eigenvalue weighted by atomic mass is 32.2. The predicted molar refractivity (Wildman–Crippen MR) is 159 cm³/mol. The van der Waals surface area contributed by atoms with Crippen LogP contribution in [0.25, 0.3) is 0 Å². The molecule has 8 nitrogen and oxygen atoms in total. The van der Waals surface area contributed by atoms with Crippen molar-refractivity contribution in [3.05, 3.63) is 83.9 Å². The van der Waals surface area contributed by atoms with Crippen LogP contribution in [-0.2, 0) is 20.0 Å². The van der Waals surface area contributed by atoms with Crippen molar-refractivity contribution >= 4 is 43.9 Å². The van der Waals surface area contributed by atoms with Crippen LogP contribution in [0.4, 0.5) is 11.4 Å². The Bertz CT molecular complexity index is 1430. The Hall–Kier alpha value is -3.18.